The van der Waals surface area contributed by atoms with Gasteiger partial charge in [0.2, 0.25) is 5.88 Å². The number of aromatic nitrogens is 3. The van der Waals surface area contributed by atoms with Crippen molar-refractivity contribution in [1.82, 2.24) is 14.8 Å². The summed E-state index contributed by atoms with van der Waals surface area (Å²) in [7, 11) is 0. The minimum atomic E-state index is -0.955. The van der Waals surface area contributed by atoms with Crippen LogP contribution in [-0.4, -0.2) is 32.4 Å². The van der Waals surface area contributed by atoms with E-state index in [1.807, 2.05) is 10.7 Å². The van der Waals surface area contributed by atoms with Gasteiger partial charge in [0.1, 0.15) is 5.39 Å². The first-order valence-electron chi connectivity index (χ1n) is 11.0. The Bertz CT molecular complexity index is 1180. The van der Waals surface area contributed by atoms with Gasteiger partial charge < -0.3 is 15.2 Å². The van der Waals surface area contributed by atoms with Gasteiger partial charge in [-0.05, 0) is 61.9 Å². The topological polar surface area (TPSA) is 113 Å². The van der Waals surface area contributed by atoms with Crippen molar-refractivity contribution >= 4 is 28.4 Å². The molecule has 0 spiro atoms. The number of fused-ring (bicyclic) bond motifs is 1. The number of hydrogen-bond donors (Lipinski definition) is 2. The van der Waals surface area contributed by atoms with Gasteiger partial charge in [0, 0.05) is 11.9 Å². The van der Waals surface area contributed by atoms with E-state index in [0.29, 0.717) is 36.2 Å². The molecular weight excluding hydrogens is 406 g/mol. The van der Waals surface area contributed by atoms with E-state index in [-0.39, 0.29) is 11.6 Å². The molecule has 0 amide bonds. The third-order valence-corrected chi connectivity index (χ3v) is 5.82. The van der Waals surface area contributed by atoms with Gasteiger partial charge >= 0.3 is 5.97 Å². The molecule has 2 aromatic heterocycles. The van der Waals surface area contributed by atoms with Crippen LogP contribution in [0.1, 0.15) is 61.0 Å². The van der Waals surface area contributed by atoms with Crippen LogP contribution >= 0.6 is 0 Å². The Morgan fingerprint density at radius 1 is 1.41 bits per heavy atom. The number of unbranched alkanes of at least 4 members (excludes halogenated alkanes) is 1. The van der Waals surface area contributed by atoms with E-state index in [2.05, 4.69) is 23.3 Å². The lowest BCUT2D eigenvalue weighted by molar-refractivity contribution is 0.0696. The molecule has 32 heavy (non-hydrogen) atoms. The van der Waals surface area contributed by atoms with E-state index >= 15 is 0 Å². The van der Waals surface area contributed by atoms with Crippen molar-refractivity contribution in [2.45, 2.75) is 52.0 Å². The fourth-order valence-electron chi connectivity index (χ4n) is 3.97. The third kappa shape index (κ3) is 4.37. The fraction of sp³-hybridized carbons (Fsp3) is 0.417. The fourth-order valence-corrected chi connectivity index (χ4v) is 3.97. The van der Waals surface area contributed by atoms with Gasteiger partial charge in [-0.2, -0.15) is 10.4 Å². The highest BCUT2D eigenvalue weighted by atomic mass is 16.5. The number of aryl methyl sites for hydroxylation is 1. The zero-order valence-electron chi connectivity index (χ0n) is 18.3. The van der Waals surface area contributed by atoms with E-state index in [1.54, 1.807) is 31.3 Å². The molecule has 3 aromatic rings. The monoisotopic (exact) mass is 433 g/mol. The number of carbonyl (C=O) groups is 1. The highest BCUT2D eigenvalue weighted by Crippen LogP contribution is 2.44. The minimum Gasteiger partial charge on any atom is -0.478 e. The van der Waals surface area contributed by atoms with Gasteiger partial charge in [-0.25, -0.2) is 9.78 Å². The molecule has 8 heteroatoms. The predicted molar refractivity (Wildman–Crippen MR) is 121 cm³/mol. The van der Waals surface area contributed by atoms with Crippen molar-refractivity contribution < 1.29 is 14.6 Å². The van der Waals surface area contributed by atoms with E-state index in [0.717, 1.165) is 42.3 Å². The minimum absolute atomic E-state index is 0.0000596. The summed E-state index contributed by atoms with van der Waals surface area (Å²) in [5.41, 5.74) is 2.52. The van der Waals surface area contributed by atoms with Crippen molar-refractivity contribution in [3.05, 3.63) is 41.6 Å². The standard InChI is InChI=1S/C24H27N5O3/c1-3-4-13-32-23-21-20(10-12-26-23)29(19(9-11-25)16-5-6-16)28-22(21)27-17-7-8-18(24(30)31)15(2)14-17/h7-8,10,12,14,16,19H,3-6,9,13H2,1-2H3,(H,27,28)(H,30,31)/t19-/m0/s1. The van der Waals surface area contributed by atoms with Crippen LogP contribution in [0.2, 0.25) is 0 Å². The van der Waals surface area contributed by atoms with Crippen LogP contribution < -0.4 is 10.1 Å². The second-order valence-electron chi connectivity index (χ2n) is 8.23. The maximum atomic E-state index is 11.4. The number of hydrogen-bond acceptors (Lipinski definition) is 6. The first-order chi connectivity index (χ1) is 15.5. The van der Waals surface area contributed by atoms with Crippen molar-refractivity contribution in [2.24, 2.45) is 5.92 Å². The Hall–Kier alpha value is -3.60. The Balaban J connectivity index is 1.78. The third-order valence-electron chi connectivity index (χ3n) is 5.82. The number of benzene rings is 1. The highest BCUT2D eigenvalue weighted by Gasteiger charge is 2.34. The lowest BCUT2D eigenvalue weighted by Crippen LogP contribution is -2.12. The molecule has 1 aliphatic carbocycles. The molecule has 2 N–H and O–H groups in total. The van der Waals surface area contributed by atoms with E-state index in [9.17, 15) is 15.2 Å². The molecule has 0 unspecified atom stereocenters. The SMILES string of the molecule is CCCCOc1nccc2c1c(Nc1ccc(C(=O)O)c(C)c1)nn2[C@@H](CC#N)C1CC1. The summed E-state index contributed by atoms with van der Waals surface area (Å²) in [5, 5.41) is 27.7. The number of pyridine rings is 1. The predicted octanol–water partition coefficient (Wildman–Crippen LogP) is 5.23. The van der Waals surface area contributed by atoms with Crippen LogP contribution in [0.5, 0.6) is 5.88 Å². The van der Waals surface area contributed by atoms with Gasteiger partial charge in [-0.3, -0.25) is 4.68 Å². The van der Waals surface area contributed by atoms with Gasteiger partial charge in [0.25, 0.3) is 0 Å². The molecule has 1 aromatic carbocycles. The highest BCUT2D eigenvalue weighted by molar-refractivity contribution is 5.96. The Morgan fingerprint density at radius 3 is 2.88 bits per heavy atom. The first kappa shape index (κ1) is 21.6. The molecule has 0 saturated heterocycles. The van der Waals surface area contributed by atoms with Gasteiger partial charge in [-0.1, -0.05) is 13.3 Å². The van der Waals surface area contributed by atoms with E-state index in [1.165, 1.54) is 0 Å². The van der Waals surface area contributed by atoms with Crippen LogP contribution in [0.3, 0.4) is 0 Å². The maximum Gasteiger partial charge on any atom is 0.335 e. The van der Waals surface area contributed by atoms with Gasteiger partial charge in [-0.15, -0.1) is 0 Å². The van der Waals surface area contributed by atoms with Gasteiger partial charge in [0.05, 0.1) is 36.2 Å². The molecule has 1 saturated carbocycles. The molecule has 0 radical (unpaired) electrons. The normalized spacial score (nSPS) is 14.2. The summed E-state index contributed by atoms with van der Waals surface area (Å²) in [6.45, 7) is 4.43. The number of nitrogens with zero attached hydrogens (tertiary/aromatic N) is 4. The molecule has 8 nitrogen and oxygen atoms in total. The number of rotatable bonds is 10. The molecular formula is C24H27N5O3. The Labute approximate surface area is 186 Å². The number of aromatic carboxylic acids is 1. The molecule has 4 rings (SSSR count). The van der Waals surface area contributed by atoms with Crippen LogP contribution in [-0.2, 0) is 0 Å². The summed E-state index contributed by atoms with van der Waals surface area (Å²) in [6.07, 6.45) is 6.23. The zero-order chi connectivity index (χ0) is 22.7. The quantitative estimate of drug-likeness (QED) is 0.421. The second kappa shape index (κ2) is 9.27. The van der Waals surface area contributed by atoms with Crippen LogP contribution in [0, 0.1) is 24.2 Å². The summed E-state index contributed by atoms with van der Waals surface area (Å²) >= 11 is 0. The van der Waals surface area contributed by atoms with E-state index in [4.69, 9.17) is 9.84 Å². The van der Waals surface area contributed by atoms with Crippen molar-refractivity contribution in [3.63, 3.8) is 0 Å². The summed E-state index contributed by atoms with van der Waals surface area (Å²) in [5.74, 6) is 0.587. The number of nitriles is 1. The van der Waals surface area contributed by atoms with Crippen molar-refractivity contribution in [2.75, 3.05) is 11.9 Å². The average molecular weight is 434 g/mol. The summed E-state index contributed by atoms with van der Waals surface area (Å²) < 4.78 is 7.93. The molecule has 0 aliphatic heterocycles. The maximum absolute atomic E-state index is 11.4. The van der Waals surface area contributed by atoms with Crippen LogP contribution in [0.15, 0.2) is 30.5 Å². The lowest BCUT2D eigenvalue weighted by atomic mass is 10.1. The smallest absolute Gasteiger partial charge is 0.335 e. The first-order valence-corrected chi connectivity index (χ1v) is 11.0. The number of nitrogens with one attached hydrogen (secondary N) is 1. The number of ether oxygens (including phenoxy) is 1. The number of carboxylic acids is 1. The largest absolute Gasteiger partial charge is 0.478 e. The Kier molecular flexibility index (Phi) is 6.26. The lowest BCUT2D eigenvalue weighted by Gasteiger charge is -2.14. The molecule has 1 atom stereocenters. The zero-order valence-corrected chi connectivity index (χ0v) is 18.3. The number of carboxylic acid groups (broad SMARTS) is 1. The van der Waals surface area contributed by atoms with E-state index < -0.39 is 5.97 Å². The number of anilines is 2. The second-order valence-corrected chi connectivity index (χ2v) is 8.23. The van der Waals surface area contributed by atoms with Crippen molar-refractivity contribution in [1.29, 1.82) is 5.26 Å². The Morgan fingerprint density at radius 2 is 2.22 bits per heavy atom. The van der Waals surface area contributed by atoms with Gasteiger partial charge in [0.15, 0.2) is 5.82 Å². The summed E-state index contributed by atoms with van der Waals surface area (Å²) in [4.78, 5) is 15.8. The molecule has 2 heterocycles. The average Bonchev–Trinajstić information content (AvgIpc) is 3.54. The molecule has 0 bridgehead atoms. The van der Waals surface area contributed by atoms with Crippen LogP contribution in [0.4, 0.5) is 11.5 Å². The molecule has 1 aliphatic rings. The molecule has 1 fully saturated rings. The van der Waals surface area contributed by atoms with Crippen molar-refractivity contribution in [3.8, 4) is 11.9 Å². The van der Waals surface area contributed by atoms with Crippen LogP contribution in [0.25, 0.3) is 10.9 Å². The molecule has 166 valence electrons. The summed E-state index contributed by atoms with van der Waals surface area (Å²) in [6, 6.07) is 9.31.